The van der Waals surface area contributed by atoms with E-state index in [9.17, 15) is 4.79 Å². The average Bonchev–Trinajstić information content (AvgIpc) is 2.97. The van der Waals surface area contributed by atoms with E-state index in [1.165, 1.54) is 37.4 Å². The van der Waals surface area contributed by atoms with E-state index in [2.05, 4.69) is 20.5 Å². The second-order valence-electron chi connectivity index (χ2n) is 6.65. The highest BCUT2D eigenvalue weighted by molar-refractivity contribution is 8.00. The molecular weight excluding hydrogens is 348 g/mol. The lowest BCUT2D eigenvalue weighted by molar-refractivity contribution is -0.121. The van der Waals surface area contributed by atoms with E-state index in [4.69, 9.17) is 4.74 Å². The number of rotatable bonds is 6. The van der Waals surface area contributed by atoms with Crippen molar-refractivity contribution in [2.24, 2.45) is 0 Å². The van der Waals surface area contributed by atoms with Crippen molar-refractivity contribution >= 4 is 17.7 Å². The van der Waals surface area contributed by atoms with Gasteiger partial charge in [-0.2, -0.15) is 0 Å². The quantitative estimate of drug-likeness (QED) is 0.594. The summed E-state index contributed by atoms with van der Waals surface area (Å²) in [5.41, 5.74) is 0.931. The number of ether oxygens (including phenoxy) is 1. The predicted molar refractivity (Wildman–Crippen MR) is 103 cm³/mol. The summed E-state index contributed by atoms with van der Waals surface area (Å²) in [5.74, 6) is 1.55. The number of hydrogen-bond donors (Lipinski definition) is 2. The van der Waals surface area contributed by atoms with E-state index in [-0.39, 0.29) is 11.2 Å². The predicted octanol–water partition coefficient (Wildman–Crippen LogP) is 3.80. The first kappa shape index (κ1) is 18.8. The Hall–Kier alpha value is -2.02. The van der Waals surface area contributed by atoms with Crippen molar-refractivity contribution in [1.29, 1.82) is 0 Å². The zero-order valence-corrected chi connectivity index (χ0v) is 16.1. The Balaban J connectivity index is 1.56. The summed E-state index contributed by atoms with van der Waals surface area (Å²) in [4.78, 5) is 17.0. The molecule has 1 atom stereocenters. The molecule has 0 radical (unpaired) electrons. The monoisotopic (exact) mass is 374 g/mol. The Morgan fingerprint density at radius 3 is 2.58 bits per heavy atom. The van der Waals surface area contributed by atoms with Crippen molar-refractivity contribution in [2.75, 3.05) is 7.11 Å². The topological polar surface area (TPSA) is 79.9 Å². The fraction of sp³-hybridized carbons (Fsp3) is 0.526. The van der Waals surface area contributed by atoms with Crippen molar-refractivity contribution in [3.63, 3.8) is 0 Å². The van der Waals surface area contributed by atoms with E-state index in [1.54, 1.807) is 7.11 Å². The van der Waals surface area contributed by atoms with Crippen molar-refractivity contribution in [2.45, 2.75) is 61.9 Å². The molecule has 26 heavy (non-hydrogen) atoms. The molecule has 0 aliphatic heterocycles. The third kappa shape index (κ3) is 5.00. The molecule has 1 saturated carbocycles. The third-order valence-electron chi connectivity index (χ3n) is 4.68. The first-order valence-electron chi connectivity index (χ1n) is 9.19. The van der Waals surface area contributed by atoms with Crippen LogP contribution >= 0.6 is 11.8 Å². The van der Waals surface area contributed by atoms with Gasteiger partial charge in [-0.05, 0) is 44.0 Å². The summed E-state index contributed by atoms with van der Waals surface area (Å²) >= 11 is 1.38. The van der Waals surface area contributed by atoms with Gasteiger partial charge in [-0.1, -0.05) is 37.4 Å². The Kier molecular flexibility index (Phi) is 6.55. The minimum Gasteiger partial charge on any atom is -0.497 e. The molecule has 1 aromatic heterocycles. The smallest absolute Gasteiger partial charge is 0.233 e. The number of carbonyl (C=O) groups is 1. The van der Waals surface area contributed by atoms with Crippen LogP contribution in [0.25, 0.3) is 11.4 Å². The number of aromatic amines is 1. The fourth-order valence-electron chi connectivity index (χ4n) is 3.13. The number of benzene rings is 1. The molecule has 1 aromatic carbocycles. The molecule has 1 heterocycles. The fourth-order valence-corrected chi connectivity index (χ4v) is 3.86. The molecular formula is C19H26N4O2S. The van der Waals surface area contributed by atoms with Gasteiger partial charge in [-0.25, -0.2) is 4.98 Å². The molecule has 1 aliphatic carbocycles. The van der Waals surface area contributed by atoms with Crippen LogP contribution in [0.5, 0.6) is 5.75 Å². The highest BCUT2D eigenvalue weighted by atomic mass is 32.2. The maximum absolute atomic E-state index is 12.5. The highest BCUT2D eigenvalue weighted by Gasteiger charge is 2.21. The van der Waals surface area contributed by atoms with Gasteiger partial charge in [0.05, 0.1) is 12.4 Å². The molecule has 2 aromatic rings. The summed E-state index contributed by atoms with van der Waals surface area (Å²) in [6.45, 7) is 1.90. The van der Waals surface area contributed by atoms with Gasteiger partial charge < -0.3 is 10.1 Å². The molecule has 3 rings (SSSR count). The Morgan fingerprint density at radius 1 is 1.23 bits per heavy atom. The Bertz CT molecular complexity index is 709. The van der Waals surface area contributed by atoms with Gasteiger partial charge in [0.25, 0.3) is 0 Å². The Labute approximate surface area is 158 Å². The number of hydrogen-bond acceptors (Lipinski definition) is 5. The third-order valence-corrected chi connectivity index (χ3v) is 5.64. The SMILES string of the molecule is COc1ccc(-c2nc(S[C@H](C)C(=O)NC3CCCCCC3)n[nH]2)cc1. The summed E-state index contributed by atoms with van der Waals surface area (Å²) in [7, 11) is 1.64. The van der Waals surface area contributed by atoms with Gasteiger partial charge in [-0.15, -0.1) is 5.10 Å². The molecule has 2 N–H and O–H groups in total. The lowest BCUT2D eigenvalue weighted by atomic mass is 10.1. The summed E-state index contributed by atoms with van der Waals surface area (Å²) < 4.78 is 5.16. The van der Waals surface area contributed by atoms with Gasteiger partial charge in [0.15, 0.2) is 5.82 Å². The molecule has 7 heteroatoms. The molecule has 1 aliphatic rings. The standard InChI is InChI=1S/C19H26N4O2S/c1-13(18(24)20-15-7-5-3-4-6-8-15)26-19-21-17(22-23-19)14-9-11-16(25-2)12-10-14/h9-13,15H,3-8H2,1-2H3,(H,20,24)(H,21,22,23)/t13-/m1/s1. The van der Waals surface area contributed by atoms with Crippen LogP contribution in [0.3, 0.4) is 0 Å². The van der Waals surface area contributed by atoms with Gasteiger partial charge in [-0.3, -0.25) is 9.89 Å². The molecule has 140 valence electrons. The van der Waals surface area contributed by atoms with Crippen molar-refractivity contribution in [1.82, 2.24) is 20.5 Å². The van der Waals surface area contributed by atoms with Crippen molar-refractivity contribution < 1.29 is 9.53 Å². The van der Waals surface area contributed by atoms with Crippen LogP contribution in [0.1, 0.15) is 45.4 Å². The molecule has 1 fully saturated rings. The van der Waals surface area contributed by atoms with Crippen LogP contribution in [0, 0.1) is 0 Å². The first-order chi connectivity index (χ1) is 12.7. The van der Waals surface area contributed by atoms with E-state index in [1.807, 2.05) is 31.2 Å². The lowest BCUT2D eigenvalue weighted by Gasteiger charge is -2.18. The highest BCUT2D eigenvalue weighted by Crippen LogP contribution is 2.25. The number of carbonyl (C=O) groups excluding carboxylic acids is 1. The van der Waals surface area contributed by atoms with Gasteiger partial charge in [0.1, 0.15) is 5.75 Å². The zero-order valence-electron chi connectivity index (χ0n) is 15.3. The van der Waals surface area contributed by atoms with E-state index in [0.29, 0.717) is 17.0 Å². The maximum Gasteiger partial charge on any atom is 0.233 e. The second-order valence-corrected chi connectivity index (χ2v) is 7.96. The van der Waals surface area contributed by atoms with E-state index in [0.717, 1.165) is 24.2 Å². The van der Waals surface area contributed by atoms with Crippen LogP contribution in [-0.2, 0) is 4.79 Å². The minimum absolute atomic E-state index is 0.0673. The van der Waals surface area contributed by atoms with E-state index < -0.39 is 0 Å². The average molecular weight is 375 g/mol. The minimum atomic E-state index is -0.224. The second kappa shape index (κ2) is 9.07. The number of thioether (sulfide) groups is 1. The van der Waals surface area contributed by atoms with Crippen molar-refractivity contribution in [3.05, 3.63) is 24.3 Å². The van der Waals surface area contributed by atoms with Crippen LogP contribution in [0.4, 0.5) is 0 Å². The van der Waals surface area contributed by atoms with Gasteiger partial charge in [0.2, 0.25) is 11.1 Å². The van der Waals surface area contributed by atoms with Crippen LogP contribution in [-0.4, -0.2) is 39.5 Å². The Morgan fingerprint density at radius 2 is 1.92 bits per heavy atom. The lowest BCUT2D eigenvalue weighted by Crippen LogP contribution is -2.39. The molecule has 0 spiro atoms. The van der Waals surface area contributed by atoms with Crippen LogP contribution in [0.15, 0.2) is 29.4 Å². The van der Waals surface area contributed by atoms with E-state index >= 15 is 0 Å². The first-order valence-corrected chi connectivity index (χ1v) is 10.1. The number of amides is 1. The maximum atomic E-state index is 12.5. The molecule has 1 amide bonds. The van der Waals surface area contributed by atoms with Gasteiger partial charge in [0, 0.05) is 11.6 Å². The number of nitrogens with one attached hydrogen (secondary N) is 2. The molecule has 0 unspecified atom stereocenters. The number of aromatic nitrogens is 3. The number of methoxy groups -OCH3 is 1. The normalized spacial score (nSPS) is 16.7. The van der Waals surface area contributed by atoms with Crippen molar-refractivity contribution in [3.8, 4) is 17.1 Å². The summed E-state index contributed by atoms with van der Waals surface area (Å²) in [6.07, 6.45) is 7.15. The van der Waals surface area contributed by atoms with Gasteiger partial charge >= 0.3 is 0 Å². The number of nitrogens with zero attached hydrogens (tertiary/aromatic N) is 2. The molecule has 0 bridgehead atoms. The molecule has 6 nitrogen and oxygen atoms in total. The van der Waals surface area contributed by atoms with Crippen LogP contribution in [0.2, 0.25) is 0 Å². The largest absolute Gasteiger partial charge is 0.497 e. The molecule has 0 saturated heterocycles. The number of H-pyrrole nitrogens is 1. The summed E-state index contributed by atoms with van der Waals surface area (Å²) in [6, 6.07) is 7.93. The zero-order chi connectivity index (χ0) is 18.4. The summed E-state index contributed by atoms with van der Waals surface area (Å²) in [5, 5.41) is 10.7. The van der Waals surface area contributed by atoms with Crippen LogP contribution < -0.4 is 10.1 Å².